The normalized spacial score (nSPS) is 13.3. The van der Waals surface area contributed by atoms with Crippen molar-refractivity contribution in [1.82, 2.24) is 0 Å². The average Bonchev–Trinajstić information content (AvgIpc) is 3.83. The van der Waals surface area contributed by atoms with Crippen molar-refractivity contribution in [3.05, 3.63) is 175 Å². The fourth-order valence-electron chi connectivity index (χ4n) is 8.79. The van der Waals surface area contributed by atoms with Crippen molar-refractivity contribution < 1.29 is 4.42 Å². The number of fused-ring (bicyclic) bond motifs is 11. The molecule has 8 aromatic carbocycles. The maximum absolute atomic E-state index is 6.67. The van der Waals surface area contributed by atoms with Crippen LogP contribution in [0.5, 0.6) is 0 Å². The number of furan rings is 1. The van der Waals surface area contributed by atoms with Gasteiger partial charge in [-0.25, -0.2) is 0 Å². The lowest BCUT2D eigenvalue weighted by molar-refractivity contribution is 0.660. The van der Waals surface area contributed by atoms with Gasteiger partial charge in [-0.2, -0.15) is 0 Å². The van der Waals surface area contributed by atoms with Gasteiger partial charge in [0, 0.05) is 58.7 Å². The average molecular weight is 684 g/mol. The topological polar surface area (TPSA) is 16.4 Å². The number of nitrogens with zero attached hydrogens (tertiary/aromatic N) is 1. The number of rotatable bonds is 4. The number of hydrogen-bond acceptors (Lipinski definition) is 3. The summed E-state index contributed by atoms with van der Waals surface area (Å²) in [6.07, 6.45) is 0. The van der Waals surface area contributed by atoms with Gasteiger partial charge < -0.3 is 9.32 Å². The first-order chi connectivity index (χ1) is 25.5. The van der Waals surface area contributed by atoms with Crippen molar-refractivity contribution in [3.63, 3.8) is 0 Å². The molecule has 0 N–H and O–H groups in total. The third-order valence-electron chi connectivity index (χ3n) is 11.3. The van der Waals surface area contributed by atoms with Crippen molar-refractivity contribution in [1.29, 1.82) is 0 Å². The molecule has 3 heteroatoms. The molecule has 1 aliphatic carbocycles. The van der Waals surface area contributed by atoms with E-state index in [9.17, 15) is 0 Å². The Labute approximate surface area is 305 Å². The van der Waals surface area contributed by atoms with Crippen LogP contribution in [-0.4, -0.2) is 0 Å². The quantitative estimate of drug-likeness (QED) is 0.184. The summed E-state index contributed by atoms with van der Waals surface area (Å²) in [5.74, 6) is 0. The molecule has 0 saturated heterocycles. The third kappa shape index (κ3) is 4.17. The zero-order valence-corrected chi connectivity index (χ0v) is 29.7. The summed E-state index contributed by atoms with van der Waals surface area (Å²) in [4.78, 5) is 2.47. The smallest absolute Gasteiger partial charge is 0.143 e. The van der Waals surface area contributed by atoms with E-state index in [1.807, 2.05) is 11.3 Å². The molecule has 2 heterocycles. The van der Waals surface area contributed by atoms with Crippen LogP contribution in [0, 0.1) is 0 Å². The molecule has 2 aromatic heterocycles. The van der Waals surface area contributed by atoms with Crippen LogP contribution in [0.1, 0.15) is 25.0 Å². The minimum atomic E-state index is -0.118. The van der Waals surface area contributed by atoms with Crippen LogP contribution < -0.4 is 4.90 Å². The number of thiophene rings is 1. The van der Waals surface area contributed by atoms with Crippen LogP contribution in [0.4, 0.5) is 17.1 Å². The highest BCUT2D eigenvalue weighted by Crippen LogP contribution is 2.52. The van der Waals surface area contributed by atoms with E-state index in [0.717, 1.165) is 55.5 Å². The maximum atomic E-state index is 6.67. The van der Waals surface area contributed by atoms with Gasteiger partial charge in [-0.3, -0.25) is 0 Å². The highest BCUT2D eigenvalue weighted by atomic mass is 32.1. The number of para-hydroxylation sites is 1. The first-order valence-corrected chi connectivity index (χ1v) is 18.7. The Morgan fingerprint density at radius 2 is 1.15 bits per heavy atom. The van der Waals surface area contributed by atoms with Gasteiger partial charge in [-0.1, -0.05) is 129 Å². The van der Waals surface area contributed by atoms with E-state index >= 15 is 0 Å². The van der Waals surface area contributed by atoms with Crippen LogP contribution in [-0.2, 0) is 5.41 Å². The Balaban J connectivity index is 1.17. The zero-order valence-electron chi connectivity index (χ0n) is 28.9. The molecule has 246 valence electrons. The molecule has 11 rings (SSSR count). The summed E-state index contributed by atoms with van der Waals surface area (Å²) in [5, 5.41) is 7.19. The summed E-state index contributed by atoms with van der Waals surface area (Å²) < 4.78 is 9.26. The number of benzene rings is 8. The molecule has 0 bridgehead atoms. The highest BCUT2D eigenvalue weighted by molar-refractivity contribution is 7.25. The van der Waals surface area contributed by atoms with E-state index in [1.165, 1.54) is 47.8 Å². The second-order valence-electron chi connectivity index (χ2n) is 14.5. The SMILES string of the molecule is CC1(C)c2ccccc2-c2ccc(N(c3ccc4c(c3)sc3ccccc34)c3ccccc3-c3cccc4oc5c6ccccc6ccc5c34)cc21. The predicted molar refractivity (Wildman–Crippen MR) is 222 cm³/mol. The largest absolute Gasteiger partial charge is 0.455 e. The summed E-state index contributed by atoms with van der Waals surface area (Å²) in [6.45, 7) is 4.72. The van der Waals surface area contributed by atoms with Gasteiger partial charge in [-0.05, 0) is 81.7 Å². The third-order valence-corrected chi connectivity index (χ3v) is 12.4. The van der Waals surface area contributed by atoms with Crippen LogP contribution >= 0.6 is 11.3 Å². The minimum absolute atomic E-state index is 0.118. The molecule has 0 atom stereocenters. The molecule has 0 saturated carbocycles. The summed E-state index contributed by atoms with van der Waals surface area (Å²) in [6, 6.07) is 59.9. The summed E-state index contributed by atoms with van der Waals surface area (Å²) in [7, 11) is 0. The van der Waals surface area contributed by atoms with Crippen LogP contribution in [0.25, 0.3) is 75.1 Å². The van der Waals surface area contributed by atoms with Gasteiger partial charge in [-0.15, -0.1) is 11.3 Å². The van der Waals surface area contributed by atoms with E-state index in [-0.39, 0.29) is 5.41 Å². The first-order valence-electron chi connectivity index (χ1n) is 17.9. The lowest BCUT2D eigenvalue weighted by atomic mass is 9.82. The Morgan fingerprint density at radius 3 is 2.08 bits per heavy atom. The van der Waals surface area contributed by atoms with E-state index < -0.39 is 0 Å². The Hall–Kier alpha value is -6.16. The van der Waals surface area contributed by atoms with E-state index in [0.29, 0.717) is 0 Å². The Morgan fingerprint density at radius 1 is 0.481 bits per heavy atom. The molecule has 0 aliphatic heterocycles. The molecule has 0 fully saturated rings. The molecule has 52 heavy (non-hydrogen) atoms. The molecule has 0 radical (unpaired) electrons. The lowest BCUT2D eigenvalue weighted by Crippen LogP contribution is -2.16. The van der Waals surface area contributed by atoms with Crippen molar-refractivity contribution >= 4 is 81.3 Å². The second kappa shape index (κ2) is 10.9. The van der Waals surface area contributed by atoms with Crippen molar-refractivity contribution in [2.24, 2.45) is 0 Å². The zero-order chi connectivity index (χ0) is 34.6. The highest BCUT2D eigenvalue weighted by Gasteiger charge is 2.36. The molecule has 10 aromatic rings. The molecular formula is C49H33NOS. The maximum Gasteiger partial charge on any atom is 0.143 e. The number of anilines is 3. The van der Waals surface area contributed by atoms with E-state index in [2.05, 4.69) is 183 Å². The molecule has 0 amide bonds. The van der Waals surface area contributed by atoms with Gasteiger partial charge in [0.2, 0.25) is 0 Å². The first kappa shape index (κ1) is 29.6. The van der Waals surface area contributed by atoms with Crippen molar-refractivity contribution in [2.45, 2.75) is 19.3 Å². The summed E-state index contributed by atoms with van der Waals surface area (Å²) in [5.41, 5.74) is 12.8. The van der Waals surface area contributed by atoms with Crippen molar-refractivity contribution in [2.75, 3.05) is 4.90 Å². The Kier molecular flexibility index (Phi) is 6.21. The fourth-order valence-corrected chi connectivity index (χ4v) is 9.93. The van der Waals surface area contributed by atoms with E-state index in [1.54, 1.807) is 0 Å². The minimum Gasteiger partial charge on any atom is -0.455 e. The molecule has 1 aliphatic rings. The second-order valence-corrected chi connectivity index (χ2v) is 15.6. The van der Waals surface area contributed by atoms with Gasteiger partial charge in [0.15, 0.2) is 0 Å². The Bertz CT molecular complexity index is 3070. The van der Waals surface area contributed by atoms with Crippen LogP contribution in [0.2, 0.25) is 0 Å². The molecule has 0 spiro atoms. The molecular weight excluding hydrogens is 651 g/mol. The van der Waals surface area contributed by atoms with Gasteiger partial charge in [0.1, 0.15) is 11.2 Å². The predicted octanol–water partition coefficient (Wildman–Crippen LogP) is 14.6. The fraction of sp³-hybridized carbons (Fsp3) is 0.0612. The van der Waals surface area contributed by atoms with Gasteiger partial charge >= 0.3 is 0 Å². The number of hydrogen-bond donors (Lipinski definition) is 0. The molecule has 2 nitrogen and oxygen atoms in total. The van der Waals surface area contributed by atoms with Crippen LogP contribution in [0.3, 0.4) is 0 Å². The summed E-state index contributed by atoms with van der Waals surface area (Å²) >= 11 is 1.86. The van der Waals surface area contributed by atoms with Crippen molar-refractivity contribution in [3.8, 4) is 22.3 Å². The van der Waals surface area contributed by atoms with Gasteiger partial charge in [0.05, 0.1) is 5.69 Å². The van der Waals surface area contributed by atoms with E-state index in [4.69, 9.17) is 4.42 Å². The standard InChI is InChI=1S/C49H33NOS/c1-49(2)41-18-8-5-14-34(41)35-26-23-31(28-42(35)49)50(32-24-27-38-37-16-7-10-21-45(37)52-46(38)29-32)43-19-9-6-15-36(43)39-17-11-20-44-47(39)40-25-22-30-12-3-4-13-33(30)48(40)51-44/h3-29H,1-2H3. The van der Waals surface area contributed by atoms with Gasteiger partial charge in [0.25, 0.3) is 0 Å². The van der Waals surface area contributed by atoms with Crippen LogP contribution in [0.15, 0.2) is 168 Å². The molecule has 0 unspecified atom stereocenters. The lowest BCUT2D eigenvalue weighted by Gasteiger charge is -2.30. The monoisotopic (exact) mass is 683 g/mol.